The van der Waals surface area contributed by atoms with Gasteiger partial charge in [0.15, 0.2) is 0 Å². The molecule has 1 radical (unpaired) electrons. The number of hydrogen-bond donors (Lipinski definition) is 2. The minimum absolute atomic E-state index is 0. The average Bonchev–Trinajstić information content (AvgIpc) is 3.32. The Morgan fingerprint density at radius 2 is 0.852 bits per heavy atom. The van der Waals surface area contributed by atoms with Gasteiger partial charge in [-0.05, 0) is 72.8 Å². The van der Waals surface area contributed by atoms with Crippen molar-refractivity contribution in [3.05, 3.63) is 71.3 Å². The summed E-state index contributed by atoms with van der Waals surface area (Å²) in [6.07, 6.45) is 8.05. The van der Waals surface area contributed by atoms with Crippen LogP contribution in [0.2, 0.25) is 0 Å². The van der Waals surface area contributed by atoms with E-state index in [0.717, 1.165) is 44.8 Å². The van der Waals surface area contributed by atoms with Gasteiger partial charge in [0.1, 0.15) is 0 Å². The molecule has 1 atom stereocenters. The van der Waals surface area contributed by atoms with Gasteiger partial charge in [0.25, 0.3) is 0 Å². The van der Waals surface area contributed by atoms with E-state index in [1.807, 2.05) is 42.5 Å². The van der Waals surface area contributed by atoms with Crippen molar-refractivity contribution in [3.63, 3.8) is 0 Å². The molecule has 7 heteroatoms. The first-order valence-electron chi connectivity index (χ1n) is 7.85. The maximum absolute atomic E-state index is 4.62. The maximum Gasteiger partial charge on any atom is 0.0659 e. The summed E-state index contributed by atoms with van der Waals surface area (Å²) in [4.78, 5) is 16.0. The second-order valence-corrected chi connectivity index (χ2v) is 5.91. The molecule has 2 N–H and O–H groups in total. The van der Waals surface area contributed by atoms with Crippen molar-refractivity contribution in [1.82, 2.24) is 19.9 Å². The monoisotopic (exact) mass is 561 g/mol. The van der Waals surface area contributed by atoms with E-state index in [1.165, 1.54) is 0 Å². The van der Waals surface area contributed by atoms with Crippen LogP contribution in [-0.2, 0) is 19.5 Å². The summed E-state index contributed by atoms with van der Waals surface area (Å²) < 4.78 is 0. The summed E-state index contributed by atoms with van der Waals surface area (Å²) in [6, 6.07) is 16.4. The third-order valence-electron chi connectivity index (χ3n) is 4.04. The number of aromatic nitrogens is 4. The largest absolute Gasteiger partial charge is 0.355 e. The molecule has 131 valence electrons. The van der Waals surface area contributed by atoms with Gasteiger partial charge < -0.3 is 9.97 Å². The second kappa shape index (κ2) is 9.63. The predicted molar refractivity (Wildman–Crippen MR) is 110 cm³/mol. The summed E-state index contributed by atoms with van der Waals surface area (Å²) in [5, 5.41) is 0. The van der Waals surface area contributed by atoms with Crippen LogP contribution in [0.5, 0.6) is 0 Å². The fourth-order valence-corrected chi connectivity index (χ4v) is 2.94. The molecule has 3 aromatic heterocycles. The summed E-state index contributed by atoms with van der Waals surface area (Å²) in [5.41, 5.74) is 7.86. The fraction of sp³-hybridized carbons (Fsp3) is 0. The van der Waals surface area contributed by atoms with Crippen LogP contribution in [0.4, 0.5) is 0 Å². The van der Waals surface area contributed by atoms with Gasteiger partial charge in [-0.15, -0.1) is 0 Å². The van der Waals surface area contributed by atoms with Crippen molar-refractivity contribution in [2.75, 3.05) is 0 Å². The predicted octanol–water partition coefficient (Wildman–Crippen LogP) is 4.71. The Morgan fingerprint density at radius 1 is 0.519 bits per heavy atom. The molecular formula is C20H17EuN4PZn. The maximum atomic E-state index is 4.62. The average molecular weight is 562 g/mol. The summed E-state index contributed by atoms with van der Waals surface area (Å²) in [5.74, 6) is 0. The Hall–Kier alpha value is -0.762. The van der Waals surface area contributed by atoms with Crippen molar-refractivity contribution in [3.8, 4) is 0 Å². The summed E-state index contributed by atoms with van der Waals surface area (Å²) in [6.45, 7) is 0. The molecule has 0 saturated heterocycles. The molecule has 5 rings (SSSR count). The third kappa shape index (κ3) is 5.19. The van der Waals surface area contributed by atoms with Gasteiger partial charge in [0, 0.05) is 90.9 Å². The Morgan fingerprint density at radius 3 is 1.26 bits per heavy atom. The van der Waals surface area contributed by atoms with Crippen molar-refractivity contribution >= 4 is 56.3 Å². The van der Waals surface area contributed by atoms with E-state index in [-0.39, 0.29) is 78.8 Å². The van der Waals surface area contributed by atoms with E-state index in [2.05, 4.69) is 50.3 Å². The zero-order valence-corrected chi connectivity index (χ0v) is 21.4. The minimum atomic E-state index is 0. The van der Waals surface area contributed by atoms with Crippen LogP contribution in [0.1, 0.15) is 22.8 Å². The van der Waals surface area contributed by atoms with Gasteiger partial charge in [0.05, 0.1) is 22.8 Å². The Labute approximate surface area is 213 Å². The van der Waals surface area contributed by atoms with Gasteiger partial charge in [-0.2, -0.15) is 9.90 Å². The van der Waals surface area contributed by atoms with Crippen LogP contribution < -0.4 is 0 Å². The molecule has 2 aliphatic heterocycles. The van der Waals surface area contributed by atoms with Gasteiger partial charge in [0.2, 0.25) is 0 Å². The van der Waals surface area contributed by atoms with Crippen molar-refractivity contribution in [2.24, 2.45) is 0 Å². The third-order valence-corrected chi connectivity index (χ3v) is 4.04. The van der Waals surface area contributed by atoms with Gasteiger partial charge >= 0.3 is 0 Å². The molecule has 0 amide bonds. The van der Waals surface area contributed by atoms with Crippen LogP contribution in [0.15, 0.2) is 48.5 Å². The van der Waals surface area contributed by atoms with Gasteiger partial charge in [-0.3, -0.25) is 0 Å². The normalized spacial score (nSPS) is 11.3. The number of aromatic amines is 2. The van der Waals surface area contributed by atoms with Crippen LogP contribution in [-0.4, -0.2) is 19.9 Å². The molecule has 8 bridgehead atoms. The van der Waals surface area contributed by atoms with E-state index in [4.69, 9.17) is 0 Å². The quantitative estimate of drug-likeness (QED) is 0.213. The van der Waals surface area contributed by atoms with E-state index in [1.54, 1.807) is 0 Å². The molecule has 0 aliphatic carbocycles. The smallest absolute Gasteiger partial charge is 0.0659 e. The second-order valence-electron chi connectivity index (χ2n) is 5.91. The first kappa shape index (κ1) is 22.5. The number of rotatable bonds is 0. The van der Waals surface area contributed by atoms with Crippen molar-refractivity contribution in [2.45, 2.75) is 0 Å². The molecule has 0 aromatic carbocycles. The fourth-order valence-electron chi connectivity index (χ4n) is 2.94. The SMILES string of the molecule is C1=Cc2cc3ccc(cc4ccc(cc5nc(cc1n2)C=C5)[nH]4)[nH]3.P.[Eu].[Zn]. The first-order valence-corrected chi connectivity index (χ1v) is 7.85. The minimum Gasteiger partial charge on any atom is -0.355 e. The van der Waals surface area contributed by atoms with Gasteiger partial charge in [-0.1, -0.05) is 0 Å². The van der Waals surface area contributed by atoms with Crippen molar-refractivity contribution in [1.29, 1.82) is 0 Å². The molecule has 1 unspecified atom stereocenters. The standard InChI is InChI=1S/C20H14N4.Eu.H3P.Zn/c1-2-14-10-16-5-6-18(23-16)12-20-8-7-19(24-20)11-17-4-3-15(22-17)9-13(1)21-14;;;/h1-12,21-22H;;1H3;. The topological polar surface area (TPSA) is 57.4 Å². The van der Waals surface area contributed by atoms with Gasteiger partial charge in [-0.25, -0.2) is 9.97 Å². The van der Waals surface area contributed by atoms with Crippen LogP contribution in [0, 0.1) is 49.4 Å². The summed E-state index contributed by atoms with van der Waals surface area (Å²) in [7, 11) is 0. The molecule has 5 heterocycles. The molecule has 4 nitrogen and oxygen atoms in total. The number of nitrogens with one attached hydrogen (secondary N) is 2. The number of fused-ring (bicyclic) bond motifs is 8. The van der Waals surface area contributed by atoms with E-state index < -0.39 is 0 Å². The molecule has 2 aliphatic rings. The Bertz CT molecular complexity index is 1090. The Kier molecular flexibility index (Phi) is 8.03. The zero-order valence-electron chi connectivity index (χ0n) is 14.6. The van der Waals surface area contributed by atoms with Crippen LogP contribution in [0.3, 0.4) is 0 Å². The molecule has 0 fully saturated rings. The molecule has 27 heavy (non-hydrogen) atoms. The van der Waals surface area contributed by atoms with Crippen LogP contribution in [0.25, 0.3) is 46.4 Å². The van der Waals surface area contributed by atoms with E-state index in [9.17, 15) is 0 Å². The Balaban J connectivity index is 0.000000871. The first-order chi connectivity index (χ1) is 11.8. The molecular weight excluding hydrogens is 545 g/mol. The molecule has 3 aromatic rings. The zero-order chi connectivity index (χ0) is 15.9. The van der Waals surface area contributed by atoms with E-state index >= 15 is 0 Å². The summed E-state index contributed by atoms with van der Waals surface area (Å²) >= 11 is 0. The number of H-pyrrole nitrogens is 2. The molecule has 0 spiro atoms. The van der Waals surface area contributed by atoms with E-state index in [0.29, 0.717) is 0 Å². The van der Waals surface area contributed by atoms with Crippen molar-refractivity contribution < 1.29 is 68.9 Å². The number of hydrogen-bond acceptors (Lipinski definition) is 2. The van der Waals surface area contributed by atoms with Crippen LogP contribution >= 0.6 is 9.90 Å². The number of nitrogens with zero attached hydrogens (tertiary/aromatic N) is 2. The molecule has 0 saturated carbocycles.